The number of primary amides is 1. The lowest BCUT2D eigenvalue weighted by atomic mass is 10.1. The second kappa shape index (κ2) is 13.8. The van der Waals surface area contributed by atoms with E-state index in [1.165, 1.54) is 48.5 Å². The van der Waals surface area contributed by atoms with E-state index in [4.69, 9.17) is 11.0 Å². The number of nitrogens with zero attached hydrogens (tertiary/aromatic N) is 5. The van der Waals surface area contributed by atoms with Crippen LogP contribution in [0.1, 0.15) is 20.7 Å². The Labute approximate surface area is 272 Å². The van der Waals surface area contributed by atoms with Gasteiger partial charge in [0.05, 0.1) is 50.0 Å². The smallest absolute Gasteiger partial charge is 0.337 e. The Balaban J connectivity index is 1.67. The van der Waals surface area contributed by atoms with Crippen LogP contribution in [-0.4, -0.2) is 60.4 Å². The molecule has 0 unspecified atom stereocenters. The molecule has 21 heteroatoms. The number of hydrogen-bond acceptors (Lipinski definition) is 17. The molecule has 1 amide bonds. The van der Waals surface area contributed by atoms with Gasteiger partial charge in [-0.25, -0.2) is 10.1 Å². The number of benzene rings is 4. The molecule has 48 heavy (non-hydrogen) atoms. The predicted octanol–water partition coefficient (Wildman–Crippen LogP) is 4.81. The summed E-state index contributed by atoms with van der Waals surface area (Å²) in [6.45, 7) is 0. The van der Waals surface area contributed by atoms with E-state index in [0.29, 0.717) is 12.0 Å². The third kappa shape index (κ3) is 7.36. The number of carboxylic acids is 1. The Morgan fingerprint density at radius 2 is 1.52 bits per heavy atom. The summed E-state index contributed by atoms with van der Waals surface area (Å²) in [5, 5.41) is 56.7. The average molecular weight is 697 g/mol. The van der Waals surface area contributed by atoms with Crippen molar-refractivity contribution >= 4 is 79.5 Å². The topological polar surface area (TPSA) is 301 Å². The Hall–Kier alpha value is -5.97. The van der Waals surface area contributed by atoms with Gasteiger partial charge in [0.15, 0.2) is 5.75 Å². The molecule has 0 bridgehead atoms. The highest BCUT2D eigenvalue weighted by Gasteiger charge is 2.23. The number of phenolic OH excluding ortho intramolecular Hbond substituents is 1. The molecule has 1 heterocycles. The molecule has 0 saturated carbocycles. The zero-order chi connectivity index (χ0) is 34.6. The highest BCUT2D eigenvalue weighted by atomic mass is 32.2. The monoisotopic (exact) mass is 696 g/mol. The van der Waals surface area contributed by atoms with Crippen LogP contribution in [0.4, 0.5) is 34.6 Å². The zero-order valence-electron chi connectivity index (χ0n) is 23.7. The second-order valence-corrected chi connectivity index (χ2v) is 11.5. The van der Waals surface area contributed by atoms with Crippen molar-refractivity contribution in [2.24, 2.45) is 16.0 Å². The number of rotatable bonds is 12. The Kier molecular flexibility index (Phi) is 9.60. The largest absolute Gasteiger partial charge is 0.505 e. The van der Waals surface area contributed by atoms with E-state index in [-0.39, 0.29) is 55.5 Å². The summed E-state index contributed by atoms with van der Waals surface area (Å²) in [6.07, 6.45) is 0. The molecule has 5 aromatic rings. The first-order chi connectivity index (χ1) is 22.8. The number of carbonyl (C=O) groups is 2. The molecule has 0 aliphatic heterocycles. The summed E-state index contributed by atoms with van der Waals surface area (Å²) < 4.78 is 38.8. The minimum atomic E-state index is -4.87. The van der Waals surface area contributed by atoms with Gasteiger partial charge in [0.25, 0.3) is 16.0 Å². The van der Waals surface area contributed by atoms with E-state index in [1.54, 1.807) is 6.07 Å². The van der Waals surface area contributed by atoms with Crippen LogP contribution in [0.3, 0.4) is 0 Å². The van der Waals surface area contributed by atoms with Crippen molar-refractivity contribution in [1.29, 1.82) is 0 Å². The summed E-state index contributed by atoms with van der Waals surface area (Å²) in [4.78, 5) is 34.3. The summed E-state index contributed by atoms with van der Waals surface area (Å²) >= 11 is 0.327. The van der Waals surface area contributed by atoms with Gasteiger partial charge in [-0.2, -0.15) is 23.4 Å². The number of amides is 1. The minimum Gasteiger partial charge on any atom is -0.505 e. The number of carbonyl (C=O) groups excluding carboxylic acids is 1. The average Bonchev–Trinajstić information content (AvgIpc) is 3.02. The van der Waals surface area contributed by atoms with Crippen LogP contribution in [0.25, 0.3) is 10.8 Å². The summed E-state index contributed by atoms with van der Waals surface area (Å²) in [7, 11) is -4.87. The van der Waals surface area contributed by atoms with Crippen LogP contribution in [0.2, 0.25) is 0 Å². The molecule has 4 aromatic carbocycles. The van der Waals surface area contributed by atoms with E-state index in [0.717, 1.165) is 12.1 Å². The van der Waals surface area contributed by atoms with Crippen LogP contribution in [-0.2, 0) is 19.5 Å². The highest BCUT2D eigenvalue weighted by Crippen LogP contribution is 2.47. The second-order valence-electron chi connectivity index (χ2n) is 9.31. The van der Waals surface area contributed by atoms with Crippen LogP contribution in [0, 0.1) is 0 Å². The van der Waals surface area contributed by atoms with E-state index in [2.05, 4.69) is 45.2 Å². The van der Waals surface area contributed by atoms with Gasteiger partial charge in [-0.05, 0) is 47.9 Å². The van der Waals surface area contributed by atoms with E-state index >= 15 is 0 Å². The normalized spacial score (nSPS) is 11.5. The number of aromatic nitrogens is 3. The molecule has 5 rings (SSSR count). The number of azo groups is 1. The van der Waals surface area contributed by atoms with Crippen molar-refractivity contribution in [3.05, 3.63) is 77.9 Å². The summed E-state index contributed by atoms with van der Waals surface area (Å²) in [5.41, 5.74) is 4.74. The maximum atomic E-state index is 12.2. The molecule has 0 fully saturated rings. The summed E-state index contributed by atoms with van der Waals surface area (Å²) in [5.74, 6) is -3.52. The van der Waals surface area contributed by atoms with Crippen molar-refractivity contribution in [2.45, 2.75) is 9.79 Å². The third-order valence-electron chi connectivity index (χ3n) is 6.28. The fourth-order valence-corrected chi connectivity index (χ4v) is 5.33. The van der Waals surface area contributed by atoms with Gasteiger partial charge in [-0.1, -0.05) is 29.3 Å². The molecule has 246 valence electrons. The zero-order valence-corrected chi connectivity index (χ0v) is 25.3. The number of fused-ring (bicyclic) bond motifs is 1. The molecule has 0 radical (unpaired) electrons. The number of para-hydroxylation sites is 1. The van der Waals surface area contributed by atoms with E-state index < -0.39 is 44.6 Å². The predicted molar refractivity (Wildman–Crippen MR) is 167 cm³/mol. The molecular weight excluding hydrogens is 676 g/mol. The van der Waals surface area contributed by atoms with Crippen molar-refractivity contribution < 1.29 is 52.5 Å². The number of nitrogens with two attached hydrogens (primary N) is 1. The van der Waals surface area contributed by atoms with Crippen LogP contribution in [0.15, 0.2) is 86.7 Å². The Morgan fingerprint density at radius 1 is 0.875 bits per heavy atom. The van der Waals surface area contributed by atoms with Gasteiger partial charge < -0.3 is 31.7 Å². The lowest BCUT2D eigenvalue weighted by molar-refractivity contribution is -0.432. The quantitative estimate of drug-likeness (QED) is 0.0285. The number of phenols is 1. The summed E-state index contributed by atoms with van der Waals surface area (Å²) in [6, 6.07) is 13.9. The standard InChI is InChI=1S/C27H20N8O11S2/c28-23(37)14-5-1-4-8-17(14)34-35-21-19(47-46-45-41)10-12-9-13(48(42,43)44)11-18(20(12)22(21)36)30-26-31-25(32-27(40)33-26)29-16-7-3-2-6-15(16)24(38)39/h1-11,36,41H,(H2,28,37)(H,38,39)(H,42,43,44)(H3,29,30,31,32,33,40). The molecule has 0 atom stereocenters. The molecule has 19 nitrogen and oxygen atoms in total. The Bertz CT molecular complexity index is 2220. The fraction of sp³-hybridized carbons (Fsp3) is 0. The van der Waals surface area contributed by atoms with Crippen molar-refractivity contribution in [2.75, 3.05) is 10.6 Å². The van der Waals surface area contributed by atoms with Gasteiger partial charge in [-0.3, -0.25) is 9.35 Å². The lowest BCUT2D eigenvalue weighted by Gasteiger charge is -2.15. The van der Waals surface area contributed by atoms with Gasteiger partial charge >= 0.3 is 12.0 Å². The van der Waals surface area contributed by atoms with Crippen LogP contribution < -0.4 is 16.4 Å². The first-order valence-electron chi connectivity index (χ1n) is 12.9. The van der Waals surface area contributed by atoms with Crippen molar-refractivity contribution in [3.63, 3.8) is 0 Å². The highest BCUT2D eigenvalue weighted by molar-refractivity contribution is 7.94. The molecule has 0 spiro atoms. The number of nitrogens with one attached hydrogen (secondary N) is 2. The molecule has 9 N–H and O–H groups in total. The first-order valence-corrected chi connectivity index (χ1v) is 15.1. The molecule has 1 aromatic heterocycles. The van der Waals surface area contributed by atoms with Gasteiger partial charge in [0, 0.05) is 5.39 Å². The Morgan fingerprint density at radius 3 is 2.17 bits per heavy atom. The SMILES string of the molecule is NC(=O)c1ccccc1N=Nc1c(SOOO)cc2cc(S(=O)(=O)O)cc(Nc3nc(O)nc(Nc4ccccc4C(=O)O)n3)c2c1O. The molecule has 0 saturated heterocycles. The van der Waals surface area contributed by atoms with E-state index in [9.17, 15) is 37.9 Å². The van der Waals surface area contributed by atoms with Gasteiger partial charge in [0.1, 0.15) is 5.69 Å². The fourth-order valence-electron chi connectivity index (χ4n) is 4.29. The number of aromatic carboxylic acids is 1. The molecule has 0 aliphatic rings. The van der Waals surface area contributed by atoms with E-state index in [1.807, 2.05) is 0 Å². The minimum absolute atomic E-state index is 0.00383. The number of anilines is 4. The van der Waals surface area contributed by atoms with Gasteiger partial charge in [0.2, 0.25) is 11.9 Å². The van der Waals surface area contributed by atoms with Gasteiger partial charge in [-0.15, -0.1) is 14.6 Å². The van der Waals surface area contributed by atoms with Crippen LogP contribution in [0.5, 0.6) is 11.8 Å². The third-order valence-corrected chi connectivity index (χ3v) is 7.73. The molecule has 0 aliphatic carbocycles. The lowest BCUT2D eigenvalue weighted by Crippen LogP contribution is -2.10. The number of aromatic hydroxyl groups is 2. The number of hydrogen-bond donors (Lipinski definition) is 8. The number of carboxylic acid groups (broad SMARTS) is 1. The maximum Gasteiger partial charge on any atom is 0.337 e. The van der Waals surface area contributed by atoms with Crippen molar-refractivity contribution in [1.82, 2.24) is 15.0 Å². The van der Waals surface area contributed by atoms with Crippen molar-refractivity contribution in [3.8, 4) is 11.8 Å². The van der Waals surface area contributed by atoms with Crippen LogP contribution >= 0.6 is 12.0 Å². The maximum absolute atomic E-state index is 12.2. The first kappa shape index (κ1) is 33.4. The molecular formula is C27H20N8O11S2.